The van der Waals surface area contributed by atoms with Crippen LogP contribution in [-0.4, -0.2) is 164 Å². The monoisotopic (exact) mass is 584 g/mol. The summed E-state index contributed by atoms with van der Waals surface area (Å²) < 4.78 is 28.4. The average Bonchev–Trinajstić information content (AvgIpc) is 2.90. The van der Waals surface area contributed by atoms with Crippen molar-refractivity contribution in [2.24, 2.45) is 0 Å². The molecular weight excluding hydrogens is 544 g/mol. The van der Waals surface area contributed by atoms with Gasteiger partial charge < -0.3 is 75.2 Å². The largest absolute Gasteiger partial charge is 0.394 e. The maximum Gasteiger partial charge on any atom is 0.217 e. The summed E-state index contributed by atoms with van der Waals surface area (Å²) in [6, 6.07) is -2.37. The molecule has 40 heavy (non-hydrogen) atoms. The molecule has 0 aromatic heterocycles. The fourth-order valence-corrected chi connectivity index (χ4v) is 5.12. The van der Waals surface area contributed by atoms with Gasteiger partial charge in [0.2, 0.25) is 11.8 Å². The minimum atomic E-state index is -1.83. The van der Waals surface area contributed by atoms with Gasteiger partial charge in [0.1, 0.15) is 67.1 Å². The Morgan fingerprint density at radius 2 is 1.07 bits per heavy atom. The number of nitrogens with one attached hydrogen (secondary N) is 2. The fraction of sp³-hybridized carbons (Fsp3) is 0.913. The summed E-state index contributed by atoms with van der Waals surface area (Å²) in [6.07, 6.45) is -19.1. The van der Waals surface area contributed by atoms with Crippen LogP contribution in [0.5, 0.6) is 0 Å². The molecular formula is C23H40N2O15. The smallest absolute Gasteiger partial charge is 0.217 e. The molecule has 0 aromatic rings. The lowest BCUT2D eigenvalue weighted by Crippen LogP contribution is -2.70. The van der Waals surface area contributed by atoms with Crippen molar-refractivity contribution < 1.29 is 74.1 Å². The van der Waals surface area contributed by atoms with E-state index < -0.39 is 123 Å². The highest BCUT2D eigenvalue weighted by Gasteiger charge is 2.53. The van der Waals surface area contributed by atoms with E-state index in [4.69, 9.17) is 23.7 Å². The van der Waals surface area contributed by atoms with Gasteiger partial charge in [-0.05, 0) is 6.92 Å². The van der Waals surface area contributed by atoms with Gasteiger partial charge in [-0.25, -0.2) is 0 Å². The summed E-state index contributed by atoms with van der Waals surface area (Å²) in [6.45, 7) is 1.82. The fourth-order valence-electron chi connectivity index (χ4n) is 5.12. The Kier molecular flexibility index (Phi) is 11.6. The summed E-state index contributed by atoms with van der Waals surface area (Å²) in [7, 11) is 0. The zero-order chi connectivity index (χ0) is 29.9. The van der Waals surface area contributed by atoms with Gasteiger partial charge in [0.15, 0.2) is 12.6 Å². The van der Waals surface area contributed by atoms with Crippen LogP contribution in [0.15, 0.2) is 0 Å². The molecule has 17 nitrogen and oxygen atoms in total. The van der Waals surface area contributed by atoms with E-state index >= 15 is 0 Å². The van der Waals surface area contributed by atoms with Crippen molar-refractivity contribution in [3.05, 3.63) is 0 Å². The van der Waals surface area contributed by atoms with Crippen molar-refractivity contribution in [2.45, 2.75) is 113 Å². The van der Waals surface area contributed by atoms with E-state index in [1.54, 1.807) is 6.92 Å². The maximum atomic E-state index is 12.0. The van der Waals surface area contributed by atoms with Crippen LogP contribution in [0, 0.1) is 0 Å². The normalized spacial score (nSPS) is 46.0. The van der Waals surface area contributed by atoms with E-state index in [1.807, 2.05) is 0 Å². The third-order valence-electron chi connectivity index (χ3n) is 7.17. The van der Waals surface area contributed by atoms with Gasteiger partial charge in [0.25, 0.3) is 0 Å². The van der Waals surface area contributed by atoms with Gasteiger partial charge >= 0.3 is 0 Å². The molecule has 0 spiro atoms. The molecule has 232 valence electrons. The van der Waals surface area contributed by atoms with Crippen molar-refractivity contribution >= 4 is 11.8 Å². The molecule has 0 aliphatic carbocycles. The molecule has 3 heterocycles. The third kappa shape index (κ3) is 7.06. The van der Waals surface area contributed by atoms with Crippen molar-refractivity contribution in [3.63, 3.8) is 0 Å². The van der Waals surface area contributed by atoms with Crippen LogP contribution in [0.2, 0.25) is 0 Å². The van der Waals surface area contributed by atoms with Crippen LogP contribution in [0.3, 0.4) is 0 Å². The number of hydrogen-bond acceptors (Lipinski definition) is 15. The van der Waals surface area contributed by atoms with Crippen molar-refractivity contribution in [1.29, 1.82) is 0 Å². The number of rotatable bonds is 9. The van der Waals surface area contributed by atoms with E-state index in [0.717, 1.165) is 6.92 Å². The van der Waals surface area contributed by atoms with Gasteiger partial charge in [-0.15, -0.1) is 0 Å². The van der Waals surface area contributed by atoms with E-state index in [0.29, 0.717) is 0 Å². The van der Waals surface area contributed by atoms with Crippen molar-refractivity contribution in [3.8, 4) is 0 Å². The van der Waals surface area contributed by atoms with Gasteiger partial charge in [-0.3, -0.25) is 9.59 Å². The Hall–Kier alpha value is -1.58. The first-order valence-corrected chi connectivity index (χ1v) is 12.9. The highest BCUT2D eigenvalue weighted by molar-refractivity contribution is 5.73. The first-order valence-electron chi connectivity index (χ1n) is 12.9. The molecule has 9 unspecified atom stereocenters. The minimum Gasteiger partial charge on any atom is -0.394 e. The van der Waals surface area contributed by atoms with Crippen LogP contribution in [0.1, 0.15) is 20.8 Å². The zero-order valence-corrected chi connectivity index (χ0v) is 22.2. The molecule has 3 saturated heterocycles. The second-order valence-electron chi connectivity index (χ2n) is 10.1. The van der Waals surface area contributed by atoms with Crippen molar-refractivity contribution in [1.82, 2.24) is 10.6 Å². The molecule has 3 rings (SSSR count). The van der Waals surface area contributed by atoms with E-state index in [-0.39, 0.29) is 0 Å². The molecule has 17 heteroatoms. The predicted molar refractivity (Wildman–Crippen MR) is 128 cm³/mol. The first kappa shape index (κ1) is 32.9. The molecule has 0 bridgehead atoms. The Morgan fingerprint density at radius 1 is 0.625 bits per heavy atom. The highest BCUT2D eigenvalue weighted by atomic mass is 16.7. The highest BCUT2D eigenvalue weighted by Crippen LogP contribution is 2.32. The lowest BCUT2D eigenvalue weighted by molar-refractivity contribution is -0.357. The first-order chi connectivity index (χ1) is 18.8. The van der Waals surface area contributed by atoms with Crippen LogP contribution in [0.4, 0.5) is 0 Å². The number of aliphatic hydroxyl groups is 8. The Morgan fingerprint density at radius 3 is 1.60 bits per heavy atom. The van der Waals surface area contributed by atoms with Crippen LogP contribution >= 0.6 is 0 Å². The van der Waals surface area contributed by atoms with Gasteiger partial charge in [0, 0.05) is 13.8 Å². The maximum absolute atomic E-state index is 12.0. The lowest BCUT2D eigenvalue weighted by atomic mass is 9.92. The Balaban J connectivity index is 1.85. The van der Waals surface area contributed by atoms with Crippen molar-refractivity contribution in [2.75, 3.05) is 19.8 Å². The van der Waals surface area contributed by atoms with Crippen LogP contribution in [-0.2, 0) is 33.3 Å². The standard InChI is InChI=1S/C23H40N2O15/c1-7-13(24-8(2)29)16(32)20(11(5-27)36-7)39-22-14(25-9(3)30)17(33)21(12(6-28)38-22)40-23-19(35)18(34)15(31)10(4-26)37-23/h7,10-23,26-28,31-35H,4-6H2,1-3H3,(H,24,29)(H,25,30)/t7-,10?,11?,12?,13?,14?,15+,16?,17?,18?,19?,20+,21+,22-,23-/m0/s1. The second kappa shape index (κ2) is 14.1. The number of hydrogen-bond donors (Lipinski definition) is 10. The number of carbonyl (C=O) groups is 2. The molecule has 2 amide bonds. The summed E-state index contributed by atoms with van der Waals surface area (Å²) >= 11 is 0. The summed E-state index contributed by atoms with van der Waals surface area (Å²) in [5, 5.41) is 87.0. The lowest BCUT2D eigenvalue weighted by Gasteiger charge is -2.49. The van der Waals surface area contributed by atoms with E-state index in [2.05, 4.69) is 10.6 Å². The predicted octanol–water partition coefficient (Wildman–Crippen LogP) is -6.22. The van der Waals surface area contributed by atoms with Gasteiger partial charge in [-0.1, -0.05) is 0 Å². The Bertz CT molecular complexity index is 851. The summed E-state index contributed by atoms with van der Waals surface area (Å²) in [5.74, 6) is -1.10. The molecule has 3 aliphatic heterocycles. The van der Waals surface area contributed by atoms with Gasteiger partial charge in [-0.2, -0.15) is 0 Å². The van der Waals surface area contributed by atoms with Gasteiger partial charge in [0.05, 0.1) is 32.0 Å². The quantitative estimate of drug-likeness (QED) is 0.121. The zero-order valence-electron chi connectivity index (χ0n) is 22.2. The molecule has 3 aliphatic rings. The molecule has 0 aromatic carbocycles. The van der Waals surface area contributed by atoms with Crippen LogP contribution < -0.4 is 10.6 Å². The topological polar surface area (TPSA) is 266 Å². The van der Waals surface area contributed by atoms with E-state index in [9.17, 15) is 50.4 Å². The molecule has 3 fully saturated rings. The third-order valence-corrected chi connectivity index (χ3v) is 7.17. The van der Waals surface area contributed by atoms with Crippen LogP contribution in [0.25, 0.3) is 0 Å². The summed E-state index contributed by atoms with van der Waals surface area (Å²) in [5.41, 5.74) is 0. The molecule has 10 N–H and O–H groups in total. The molecule has 15 atom stereocenters. The number of aliphatic hydroxyl groups excluding tert-OH is 8. The second-order valence-corrected chi connectivity index (χ2v) is 10.1. The Labute approximate surface area is 229 Å². The van der Waals surface area contributed by atoms with E-state index in [1.165, 1.54) is 6.92 Å². The number of amides is 2. The minimum absolute atomic E-state index is 0.463. The molecule has 0 saturated carbocycles. The molecule has 0 radical (unpaired) electrons. The number of ether oxygens (including phenoxy) is 5. The SMILES string of the molecule is CC(=O)NC1C(O)[C@H](O[C@@H]2OC(CO)[C@@H](O)C(O)C2O)C(CO)O[C@H]1O[C@@H]1C(CO)O[C@@H](C)C(NC(C)=O)C1O. The number of carbonyl (C=O) groups excluding carboxylic acids is 2. The average molecular weight is 585 g/mol. The summed E-state index contributed by atoms with van der Waals surface area (Å²) in [4.78, 5) is 23.7.